The maximum absolute atomic E-state index is 13.3. The number of carbonyl (C=O) groups is 2. The molecule has 28 heavy (non-hydrogen) atoms. The number of aryl methyl sites for hydroxylation is 2. The molecular formula is C21H17ClFN3O2. The highest BCUT2D eigenvalue weighted by Gasteiger charge is 2.15. The van der Waals surface area contributed by atoms with Crippen LogP contribution in [0.1, 0.15) is 32.1 Å². The van der Waals surface area contributed by atoms with Gasteiger partial charge in [-0.15, -0.1) is 0 Å². The van der Waals surface area contributed by atoms with Crippen LogP contribution in [0.2, 0.25) is 5.02 Å². The minimum atomic E-state index is -0.551. The van der Waals surface area contributed by atoms with Gasteiger partial charge < -0.3 is 10.6 Å². The van der Waals surface area contributed by atoms with Crippen molar-refractivity contribution >= 4 is 34.8 Å². The third-order valence-electron chi connectivity index (χ3n) is 3.97. The number of rotatable bonds is 4. The highest BCUT2D eigenvalue weighted by molar-refractivity contribution is 6.34. The highest BCUT2D eigenvalue weighted by Crippen LogP contribution is 2.27. The summed E-state index contributed by atoms with van der Waals surface area (Å²) in [5.74, 6) is -1.51. The number of hydrogen-bond acceptors (Lipinski definition) is 3. The van der Waals surface area contributed by atoms with Crippen LogP contribution in [0.25, 0.3) is 0 Å². The van der Waals surface area contributed by atoms with Crippen LogP contribution in [0.15, 0.2) is 54.6 Å². The number of benzene rings is 2. The van der Waals surface area contributed by atoms with E-state index in [-0.39, 0.29) is 11.4 Å². The first-order valence-corrected chi connectivity index (χ1v) is 8.83. The van der Waals surface area contributed by atoms with Crippen LogP contribution in [0.5, 0.6) is 0 Å². The van der Waals surface area contributed by atoms with Gasteiger partial charge in [0, 0.05) is 5.69 Å². The fraction of sp³-hybridized carbons (Fsp3) is 0.0952. The summed E-state index contributed by atoms with van der Waals surface area (Å²) in [5, 5.41) is 5.70. The number of nitrogens with one attached hydrogen (secondary N) is 2. The lowest BCUT2D eigenvalue weighted by atomic mass is 10.1. The number of nitrogens with zero attached hydrogens (tertiary/aromatic N) is 1. The lowest BCUT2D eigenvalue weighted by Crippen LogP contribution is -2.19. The zero-order valence-corrected chi connectivity index (χ0v) is 16.0. The molecule has 0 unspecified atom stereocenters. The predicted octanol–water partition coefficient (Wildman–Crippen LogP) is 5.00. The Hall–Kier alpha value is -3.25. The standard InChI is InChI=1S/C21H17ClFN3O2/c1-12-9-13(2)19(16(22)10-12)26-21(28)18-8-4-7-17(25-18)20(27)24-15-6-3-5-14(23)11-15/h3-11H,1-2H3,(H,24,27)(H,26,28). The van der Waals surface area contributed by atoms with Gasteiger partial charge in [-0.3, -0.25) is 9.59 Å². The van der Waals surface area contributed by atoms with E-state index in [0.717, 1.165) is 11.1 Å². The van der Waals surface area contributed by atoms with Crippen molar-refractivity contribution < 1.29 is 14.0 Å². The Bertz CT molecular complexity index is 1050. The first-order valence-electron chi connectivity index (χ1n) is 8.45. The third kappa shape index (κ3) is 4.53. The molecule has 2 amide bonds. The molecular weight excluding hydrogens is 381 g/mol. The van der Waals surface area contributed by atoms with E-state index in [4.69, 9.17) is 11.6 Å². The van der Waals surface area contributed by atoms with Crippen LogP contribution >= 0.6 is 11.6 Å². The van der Waals surface area contributed by atoms with Crippen LogP contribution in [-0.2, 0) is 0 Å². The second-order valence-electron chi connectivity index (χ2n) is 6.27. The molecule has 5 nitrogen and oxygen atoms in total. The second kappa shape index (κ2) is 8.19. The molecule has 2 aromatic carbocycles. The molecule has 142 valence electrons. The number of carbonyl (C=O) groups excluding carboxylic acids is 2. The molecule has 7 heteroatoms. The molecule has 0 aliphatic carbocycles. The predicted molar refractivity (Wildman–Crippen MR) is 107 cm³/mol. The molecule has 0 aliphatic heterocycles. The van der Waals surface area contributed by atoms with Gasteiger partial charge in [0.1, 0.15) is 17.2 Å². The topological polar surface area (TPSA) is 71.1 Å². The van der Waals surface area contributed by atoms with Crippen molar-refractivity contribution in [2.24, 2.45) is 0 Å². The Kier molecular flexibility index (Phi) is 5.70. The number of amides is 2. The van der Waals surface area contributed by atoms with Crippen molar-refractivity contribution in [2.45, 2.75) is 13.8 Å². The second-order valence-corrected chi connectivity index (χ2v) is 6.67. The first-order chi connectivity index (χ1) is 13.3. The van der Waals surface area contributed by atoms with E-state index in [9.17, 15) is 14.0 Å². The minimum absolute atomic E-state index is 0.0311. The number of pyridine rings is 1. The van der Waals surface area contributed by atoms with Crippen molar-refractivity contribution in [1.82, 2.24) is 4.98 Å². The fourth-order valence-corrected chi connectivity index (χ4v) is 3.07. The van der Waals surface area contributed by atoms with E-state index >= 15 is 0 Å². The Morgan fingerprint density at radius 1 is 0.929 bits per heavy atom. The van der Waals surface area contributed by atoms with E-state index in [1.54, 1.807) is 18.2 Å². The zero-order chi connectivity index (χ0) is 20.3. The monoisotopic (exact) mass is 397 g/mol. The molecule has 1 heterocycles. The molecule has 0 saturated heterocycles. The Labute approximate surface area is 166 Å². The molecule has 0 radical (unpaired) electrons. The summed E-state index contributed by atoms with van der Waals surface area (Å²) in [4.78, 5) is 29.0. The average molecular weight is 398 g/mol. The van der Waals surface area contributed by atoms with Crippen LogP contribution in [0, 0.1) is 19.7 Å². The van der Waals surface area contributed by atoms with E-state index < -0.39 is 17.6 Å². The smallest absolute Gasteiger partial charge is 0.274 e. The average Bonchev–Trinajstić information content (AvgIpc) is 2.64. The molecule has 0 aliphatic rings. The lowest BCUT2D eigenvalue weighted by Gasteiger charge is -2.12. The number of anilines is 2. The van der Waals surface area contributed by atoms with E-state index in [0.29, 0.717) is 16.4 Å². The van der Waals surface area contributed by atoms with Gasteiger partial charge in [0.25, 0.3) is 11.8 Å². The molecule has 0 saturated carbocycles. The molecule has 1 aromatic heterocycles. The first kappa shape index (κ1) is 19.5. The van der Waals surface area contributed by atoms with Crippen molar-refractivity contribution in [3.63, 3.8) is 0 Å². The van der Waals surface area contributed by atoms with Gasteiger partial charge in [-0.25, -0.2) is 9.37 Å². The van der Waals surface area contributed by atoms with Crippen LogP contribution < -0.4 is 10.6 Å². The van der Waals surface area contributed by atoms with Gasteiger partial charge in [-0.1, -0.05) is 29.8 Å². The van der Waals surface area contributed by atoms with E-state index in [2.05, 4.69) is 15.6 Å². The molecule has 3 rings (SSSR count). The molecule has 0 spiro atoms. The summed E-state index contributed by atoms with van der Waals surface area (Å²) < 4.78 is 13.3. The fourth-order valence-electron chi connectivity index (χ4n) is 2.70. The van der Waals surface area contributed by atoms with Crippen molar-refractivity contribution in [2.75, 3.05) is 10.6 Å². The summed E-state index contributed by atoms with van der Waals surface area (Å²) in [6, 6.07) is 13.7. The zero-order valence-electron chi connectivity index (χ0n) is 15.2. The van der Waals surface area contributed by atoms with Crippen LogP contribution in [-0.4, -0.2) is 16.8 Å². The SMILES string of the molecule is Cc1cc(C)c(NC(=O)c2cccc(C(=O)Nc3cccc(F)c3)n2)c(Cl)c1. The molecule has 3 aromatic rings. The molecule has 0 bridgehead atoms. The number of aromatic nitrogens is 1. The summed E-state index contributed by atoms with van der Waals surface area (Å²) in [5.41, 5.74) is 2.68. The summed E-state index contributed by atoms with van der Waals surface area (Å²) >= 11 is 6.22. The van der Waals surface area contributed by atoms with Crippen LogP contribution in [0.4, 0.5) is 15.8 Å². The maximum Gasteiger partial charge on any atom is 0.274 e. The van der Waals surface area contributed by atoms with Gasteiger partial charge in [0.05, 0.1) is 10.7 Å². The van der Waals surface area contributed by atoms with E-state index in [1.165, 1.54) is 30.3 Å². The Morgan fingerprint density at radius 2 is 1.57 bits per heavy atom. The Balaban J connectivity index is 1.79. The van der Waals surface area contributed by atoms with Gasteiger partial charge >= 0.3 is 0 Å². The maximum atomic E-state index is 13.3. The molecule has 0 atom stereocenters. The summed E-state index contributed by atoms with van der Waals surface area (Å²) in [6.07, 6.45) is 0. The summed E-state index contributed by atoms with van der Waals surface area (Å²) in [6.45, 7) is 3.75. The molecule has 0 fully saturated rings. The minimum Gasteiger partial charge on any atom is -0.321 e. The van der Waals surface area contributed by atoms with Crippen molar-refractivity contribution in [3.05, 3.63) is 88.0 Å². The van der Waals surface area contributed by atoms with Gasteiger partial charge in [0.15, 0.2) is 0 Å². The third-order valence-corrected chi connectivity index (χ3v) is 4.27. The van der Waals surface area contributed by atoms with Crippen LogP contribution in [0.3, 0.4) is 0 Å². The van der Waals surface area contributed by atoms with Gasteiger partial charge in [0.2, 0.25) is 0 Å². The van der Waals surface area contributed by atoms with Gasteiger partial charge in [-0.2, -0.15) is 0 Å². The largest absolute Gasteiger partial charge is 0.321 e. The van der Waals surface area contributed by atoms with Crippen molar-refractivity contribution in [1.29, 1.82) is 0 Å². The lowest BCUT2D eigenvalue weighted by molar-refractivity contribution is 0.101. The number of halogens is 2. The van der Waals surface area contributed by atoms with Gasteiger partial charge in [-0.05, 0) is 61.4 Å². The number of hydrogen-bond donors (Lipinski definition) is 2. The van der Waals surface area contributed by atoms with Crippen molar-refractivity contribution in [3.8, 4) is 0 Å². The Morgan fingerprint density at radius 3 is 2.21 bits per heavy atom. The van der Waals surface area contributed by atoms with E-state index in [1.807, 2.05) is 19.9 Å². The quantitative estimate of drug-likeness (QED) is 0.651. The normalized spacial score (nSPS) is 10.4. The highest BCUT2D eigenvalue weighted by atomic mass is 35.5. The molecule has 2 N–H and O–H groups in total. The summed E-state index contributed by atoms with van der Waals surface area (Å²) in [7, 11) is 0.